The maximum atomic E-state index is 9.43. The largest absolute Gasteiger partial charge is 0.394 e. The van der Waals surface area contributed by atoms with E-state index >= 15 is 0 Å². The zero-order chi connectivity index (χ0) is 13.8. The summed E-state index contributed by atoms with van der Waals surface area (Å²) in [6.07, 6.45) is 0.819. The van der Waals surface area contributed by atoms with Gasteiger partial charge in [-0.15, -0.1) is 0 Å². The van der Waals surface area contributed by atoms with Crippen LogP contribution in [0.3, 0.4) is 0 Å². The van der Waals surface area contributed by atoms with E-state index in [-0.39, 0.29) is 18.1 Å². The Balaban J connectivity index is 3.04. The molecule has 3 N–H and O–H groups in total. The number of rotatable bonds is 6. The maximum absolute atomic E-state index is 9.43. The Bertz CT molecular complexity index is 389. The molecule has 0 fully saturated rings. The van der Waals surface area contributed by atoms with Gasteiger partial charge >= 0.3 is 0 Å². The van der Waals surface area contributed by atoms with Crippen molar-refractivity contribution in [2.24, 2.45) is 0 Å². The second-order valence-corrected chi connectivity index (χ2v) is 5.10. The van der Waals surface area contributed by atoms with Gasteiger partial charge in [0.25, 0.3) is 0 Å². The molecule has 1 unspecified atom stereocenters. The number of nitrogens with zero attached hydrogens (tertiary/aromatic N) is 2. The Morgan fingerprint density at radius 1 is 1.33 bits per heavy atom. The van der Waals surface area contributed by atoms with Gasteiger partial charge in [-0.05, 0) is 13.3 Å². The summed E-state index contributed by atoms with van der Waals surface area (Å²) in [6, 6.07) is 1.86. The Morgan fingerprint density at radius 2 is 1.94 bits per heavy atom. The van der Waals surface area contributed by atoms with Gasteiger partial charge in [0.05, 0.1) is 12.1 Å². The van der Waals surface area contributed by atoms with Crippen molar-refractivity contribution in [2.45, 2.75) is 45.6 Å². The summed E-state index contributed by atoms with van der Waals surface area (Å²) in [4.78, 5) is 8.90. The first-order valence-corrected chi connectivity index (χ1v) is 6.40. The van der Waals surface area contributed by atoms with Crippen molar-refractivity contribution in [1.29, 1.82) is 0 Å². The third kappa shape index (κ3) is 3.57. The van der Waals surface area contributed by atoms with Crippen LogP contribution in [-0.2, 0) is 0 Å². The summed E-state index contributed by atoms with van der Waals surface area (Å²) in [7, 11) is 1.83. The predicted octanol–water partition coefficient (Wildman–Crippen LogP) is 2.21. The molecule has 5 heteroatoms. The summed E-state index contributed by atoms with van der Waals surface area (Å²) in [6.45, 7) is 8.20. The van der Waals surface area contributed by atoms with Crippen LogP contribution >= 0.6 is 0 Å². The molecule has 1 aromatic heterocycles. The van der Waals surface area contributed by atoms with Crippen molar-refractivity contribution in [3.05, 3.63) is 11.9 Å². The highest BCUT2D eigenvalue weighted by Crippen LogP contribution is 2.21. The molecule has 0 amide bonds. The number of aromatic nitrogens is 2. The van der Waals surface area contributed by atoms with Gasteiger partial charge in [-0.1, -0.05) is 20.8 Å². The second kappa shape index (κ2) is 6.00. The number of hydrogen-bond donors (Lipinski definition) is 3. The fraction of sp³-hybridized carbons (Fsp3) is 0.692. The summed E-state index contributed by atoms with van der Waals surface area (Å²) in [5.41, 5.74) is -0.354. The van der Waals surface area contributed by atoms with Crippen LogP contribution in [0.2, 0.25) is 0 Å². The number of aliphatic hydroxyl groups excluding tert-OH is 1. The van der Waals surface area contributed by atoms with Gasteiger partial charge in [-0.2, -0.15) is 0 Å². The van der Waals surface area contributed by atoms with E-state index in [0.717, 1.165) is 23.9 Å². The van der Waals surface area contributed by atoms with Crippen LogP contribution in [0.15, 0.2) is 6.07 Å². The van der Waals surface area contributed by atoms with Crippen molar-refractivity contribution in [3.63, 3.8) is 0 Å². The molecular formula is C13H24N4O. The number of hydrogen-bond acceptors (Lipinski definition) is 5. The molecule has 1 rings (SSSR count). The lowest BCUT2D eigenvalue weighted by atomic mass is 10.0. The fourth-order valence-corrected chi connectivity index (χ4v) is 1.47. The molecule has 0 aliphatic heterocycles. The van der Waals surface area contributed by atoms with Crippen molar-refractivity contribution in [2.75, 3.05) is 24.3 Å². The Labute approximate surface area is 109 Å². The van der Waals surface area contributed by atoms with Crippen molar-refractivity contribution in [1.82, 2.24) is 9.97 Å². The van der Waals surface area contributed by atoms with Crippen LogP contribution < -0.4 is 10.6 Å². The highest BCUT2D eigenvalue weighted by molar-refractivity contribution is 5.48. The molecule has 5 nitrogen and oxygen atoms in total. The quantitative estimate of drug-likeness (QED) is 0.724. The van der Waals surface area contributed by atoms with E-state index in [4.69, 9.17) is 0 Å². The lowest BCUT2D eigenvalue weighted by Gasteiger charge is -2.28. The number of anilines is 2. The second-order valence-electron chi connectivity index (χ2n) is 5.10. The van der Waals surface area contributed by atoms with Crippen LogP contribution in [0.4, 0.5) is 11.6 Å². The molecule has 0 saturated heterocycles. The summed E-state index contributed by atoms with van der Waals surface area (Å²) < 4.78 is 0. The van der Waals surface area contributed by atoms with Crippen molar-refractivity contribution >= 4 is 11.6 Å². The van der Waals surface area contributed by atoms with Gasteiger partial charge < -0.3 is 15.7 Å². The number of aliphatic hydroxyl groups is 1. The SMILES string of the molecule is CCC(C)(CO)Nc1cc(NC)nc(C(C)C)n1. The summed E-state index contributed by atoms with van der Waals surface area (Å²) >= 11 is 0. The van der Waals surface area contributed by atoms with E-state index in [9.17, 15) is 5.11 Å². The van der Waals surface area contributed by atoms with Gasteiger partial charge in [0.1, 0.15) is 17.5 Å². The summed E-state index contributed by atoms with van der Waals surface area (Å²) in [5.74, 6) is 2.59. The minimum atomic E-state index is -0.354. The van der Waals surface area contributed by atoms with Crippen molar-refractivity contribution < 1.29 is 5.11 Å². The highest BCUT2D eigenvalue weighted by atomic mass is 16.3. The zero-order valence-electron chi connectivity index (χ0n) is 11.9. The van der Waals surface area contributed by atoms with Crippen LogP contribution in [0.25, 0.3) is 0 Å². The molecule has 0 saturated carbocycles. The van der Waals surface area contributed by atoms with Crippen LogP contribution in [0.5, 0.6) is 0 Å². The fourth-order valence-electron chi connectivity index (χ4n) is 1.47. The molecule has 0 radical (unpaired) electrons. The van der Waals surface area contributed by atoms with E-state index in [1.165, 1.54) is 0 Å². The van der Waals surface area contributed by atoms with Crippen LogP contribution in [0, 0.1) is 0 Å². The molecule has 0 spiro atoms. The van der Waals surface area contributed by atoms with E-state index in [2.05, 4.69) is 34.4 Å². The molecule has 1 heterocycles. The maximum Gasteiger partial charge on any atom is 0.135 e. The molecule has 102 valence electrons. The Morgan fingerprint density at radius 3 is 2.39 bits per heavy atom. The third-order valence-electron chi connectivity index (χ3n) is 3.08. The topological polar surface area (TPSA) is 70.1 Å². The highest BCUT2D eigenvalue weighted by Gasteiger charge is 2.21. The van der Waals surface area contributed by atoms with Gasteiger partial charge in [-0.25, -0.2) is 9.97 Å². The predicted molar refractivity (Wildman–Crippen MR) is 75.1 cm³/mol. The van der Waals surface area contributed by atoms with Gasteiger partial charge in [0.2, 0.25) is 0 Å². The first-order valence-electron chi connectivity index (χ1n) is 6.40. The monoisotopic (exact) mass is 252 g/mol. The minimum Gasteiger partial charge on any atom is -0.394 e. The smallest absolute Gasteiger partial charge is 0.135 e. The van der Waals surface area contributed by atoms with E-state index in [1.807, 2.05) is 27.0 Å². The Kier molecular flexibility index (Phi) is 4.90. The Hall–Kier alpha value is -1.36. The molecule has 1 aromatic rings. The molecule has 18 heavy (non-hydrogen) atoms. The standard InChI is InChI=1S/C13H24N4O/c1-6-13(4,8-18)17-11-7-10(14-5)15-12(16-11)9(2)3/h7,9,18H,6,8H2,1-5H3,(H2,14,15,16,17). The van der Waals surface area contributed by atoms with Gasteiger partial charge in [0, 0.05) is 19.0 Å². The molecule has 0 aliphatic carbocycles. The molecule has 1 atom stereocenters. The first-order chi connectivity index (χ1) is 8.44. The average Bonchev–Trinajstić information content (AvgIpc) is 2.38. The van der Waals surface area contributed by atoms with E-state index < -0.39 is 0 Å². The summed E-state index contributed by atoms with van der Waals surface area (Å²) in [5, 5.41) is 15.7. The van der Waals surface area contributed by atoms with E-state index in [1.54, 1.807) is 0 Å². The van der Waals surface area contributed by atoms with Gasteiger partial charge in [-0.3, -0.25) is 0 Å². The molecule has 0 aliphatic rings. The lowest BCUT2D eigenvalue weighted by Crippen LogP contribution is -2.38. The first kappa shape index (κ1) is 14.7. The minimum absolute atomic E-state index is 0.0689. The normalized spacial score (nSPS) is 14.4. The van der Waals surface area contributed by atoms with E-state index in [0.29, 0.717) is 0 Å². The zero-order valence-corrected chi connectivity index (χ0v) is 11.9. The average molecular weight is 252 g/mol. The van der Waals surface area contributed by atoms with Crippen LogP contribution in [0.1, 0.15) is 45.9 Å². The molecule has 0 aromatic carbocycles. The van der Waals surface area contributed by atoms with Crippen molar-refractivity contribution in [3.8, 4) is 0 Å². The number of nitrogens with one attached hydrogen (secondary N) is 2. The molecular weight excluding hydrogens is 228 g/mol. The lowest BCUT2D eigenvalue weighted by molar-refractivity contribution is 0.218. The van der Waals surface area contributed by atoms with Gasteiger partial charge in [0.15, 0.2) is 0 Å². The third-order valence-corrected chi connectivity index (χ3v) is 3.08. The molecule has 0 bridgehead atoms. The van der Waals surface area contributed by atoms with Crippen LogP contribution in [-0.4, -0.2) is 34.3 Å².